The second kappa shape index (κ2) is 9.21. The number of hydrogen-bond donors (Lipinski definition) is 1. The van der Waals surface area contributed by atoms with Gasteiger partial charge in [-0.3, -0.25) is 9.59 Å². The van der Waals surface area contributed by atoms with E-state index in [1.54, 1.807) is 11.8 Å². The topological polar surface area (TPSA) is 76.3 Å². The number of thiazole rings is 1. The van der Waals surface area contributed by atoms with Crippen molar-refractivity contribution < 1.29 is 22.8 Å². The Bertz CT molecular complexity index is 1240. The fourth-order valence-corrected chi connectivity index (χ4v) is 5.30. The summed E-state index contributed by atoms with van der Waals surface area (Å²) in [5, 5.41) is 0.507. The van der Waals surface area contributed by atoms with Gasteiger partial charge in [0.15, 0.2) is 0 Å². The van der Waals surface area contributed by atoms with Crippen molar-refractivity contribution in [2.24, 2.45) is 5.73 Å². The van der Waals surface area contributed by atoms with E-state index in [4.69, 9.17) is 5.73 Å². The van der Waals surface area contributed by atoms with Gasteiger partial charge in [0.1, 0.15) is 9.88 Å². The Kier molecular flexibility index (Phi) is 6.49. The predicted octanol–water partition coefficient (Wildman–Crippen LogP) is 5.56. The molecule has 1 aliphatic rings. The molecule has 1 fully saturated rings. The lowest BCUT2D eigenvalue weighted by Crippen LogP contribution is -2.39. The highest BCUT2D eigenvalue weighted by molar-refractivity contribution is 7.17. The molecule has 1 aromatic heterocycles. The first-order valence-corrected chi connectivity index (χ1v) is 11.7. The van der Waals surface area contributed by atoms with E-state index < -0.39 is 17.6 Å². The average molecular weight is 488 g/mol. The van der Waals surface area contributed by atoms with Crippen molar-refractivity contribution >= 4 is 23.2 Å². The number of nitrogens with zero attached hydrogens (tertiary/aromatic N) is 2. The number of carbonyl (C=O) groups is 2. The van der Waals surface area contributed by atoms with Crippen LogP contribution >= 0.6 is 11.3 Å². The highest BCUT2D eigenvalue weighted by Gasteiger charge is 2.31. The minimum absolute atomic E-state index is 0.0824. The van der Waals surface area contributed by atoms with E-state index in [-0.39, 0.29) is 11.8 Å². The second-order valence-corrected chi connectivity index (χ2v) is 9.54. The fourth-order valence-electron chi connectivity index (χ4n) is 4.26. The summed E-state index contributed by atoms with van der Waals surface area (Å²) in [6.45, 7) is 4.68. The average Bonchev–Trinajstić information content (AvgIpc) is 3.20. The summed E-state index contributed by atoms with van der Waals surface area (Å²) in [6.07, 6.45) is -2.69. The third-order valence-corrected chi connectivity index (χ3v) is 7.35. The molecule has 1 saturated heterocycles. The van der Waals surface area contributed by atoms with Gasteiger partial charge in [0.2, 0.25) is 5.91 Å². The van der Waals surface area contributed by atoms with E-state index in [9.17, 15) is 22.8 Å². The normalized spacial score (nSPS) is 16.5. The van der Waals surface area contributed by atoms with Crippen molar-refractivity contribution in [3.05, 3.63) is 75.3 Å². The van der Waals surface area contributed by atoms with Crippen LogP contribution in [0.4, 0.5) is 13.2 Å². The summed E-state index contributed by atoms with van der Waals surface area (Å²) in [4.78, 5) is 31.8. The minimum atomic E-state index is -4.40. The molecule has 34 heavy (non-hydrogen) atoms. The molecule has 1 aliphatic heterocycles. The van der Waals surface area contributed by atoms with Crippen molar-refractivity contribution in [3.63, 3.8) is 0 Å². The molecule has 0 bridgehead atoms. The first-order valence-electron chi connectivity index (χ1n) is 10.9. The zero-order valence-corrected chi connectivity index (χ0v) is 19.6. The van der Waals surface area contributed by atoms with Crippen LogP contribution in [-0.2, 0) is 6.18 Å². The summed E-state index contributed by atoms with van der Waals surface area (Å²) < 4.78 is 38.6. The van der Waals surface area contributed by atoms with Gasteiger partial charge >= 0.3 is 6.18 Å². The molecule has 4 rings (SSSR count). The van der Waals surface area contributed by atoms with Gasteiger partial charge < -0.3 is 10.6 Å². The van der Waals surface area contributed by atoms with Gasteiger partial charge in [0, 0.05) is 30.1 Å². The molecule has 0 aliphatic carbocycles. The molecule has 0 saturated carbocycles. The molecular weight excluding hydrogens is 463 g/mol. The lowest BCUT2D eigenvalue weighted by Gasteiger charge is -2.33. The Morgan fingerprint density at radius 3 is 2.47 bits per heavy atom. The molecule has 3 aromatic rings. The molecule has 0 radical (unpaired) electrons. The van der Waals surface area contributed by atoms with Crippen LogP contribution in [0.15, 0.2) is 42.5 Å². The number of carbonyl (C=O) groups excluding carboxylic acids is 2. The van der Waals surface area contributed by atoms with Crippen molar-refractivity contribution in [1.29, 1.82) is 0 Å². The Labute approximate surface area is 199 Å². The number of aryl methyl sites for hydroxylation is 2. The highest BCUT2D eigenvalue weighted by Crippen LogP contribution is 2.34. The molecule has 5 nitrogen and oxygen atoms in total. The van der Waals surface area contributed by atoms with Crippen LogP contribution in [0.1, 0.15) is 61.2 Å². The number of likely N-dealkylation sites (tertiary alicyclic amines) is 1. The first kappa shape index (κ1) is 23.9. The molecule has 2 amide bonds. The van der Waals surface area contributed by atoms with Crippen LogP contribution in [0.3, 0.4) is 0 Å². The van der Waals surface area contributed by atoms with Crippen LogP contribution in [0.25, 0.3) is 10.6 Å². The van der Waals surface area contributed by atoms with Gasteiger partial charge in [-0.25, -0.2) is 4.98 Å². The summed E-state index contributed by atoms with van der Waals surface area (Å²) in [7, 11) is 0. The molecule has 0 spiro atoms. The number of primary amides is 1. The van der Waals surface area contributed by atoms with Crippen molar-refractivity contribution in [2.75, 3.05) is 13.1 Å². The Hall–Kier alpha value is -3.20. The molecule has 2 N–H and O–H groups in total. The summed E-state index contributed by atoms with van der Waals surface area (Å²) in [5.74, 6) is -0.529. The van der Waals surface area contributed by atoms with Crippen LogP contribution in [-0.4, -0.2) is 34.8 Å². The molecule has 2 heterocycles. The van der Waals surface area contributed by atoms with Crippen LogP contribution in [0, 0.1) is 13.8 Å². The van der Waals surface area contributed by atoms with E-state index in [0.29, 0.717) is 39.8 Å². The number of halogens is 3. The third-order valence-electron chi connectivity index (χ3n) is 6.16. The van der Waals surface area contributed by atoms with Gasteiger partial charge in [0.05, 0.1) is 11.3 Å². The molecule has 9 heteroatoms. The van der Waals surface area contributed by atoms with Crippen LogP contribution < -0.4 is 5.73 Å². The number of piperidine rings is 1. The maximum atomic E-state index is 13.3. The number of nitrogens with two attached hydrogens (primary N) is 1. The first-order chi connectivity index (χ1) is 16.0. The summed E-state index contributed by atoms with van der Waals surface area (Å²) >= 11 is 1.19. The number of aromatic nitrogens is 1. The van der Waals surface area contributed by atoms with E-state index in [0.717, 1.165) is 36.1 Å². The molecule has 1 atom stereocenters. The second-order valence-electron chi connectivity index (χ2n) is 8.54. The van der Waals surface area contributed by atoms with Crippen LogP contribution in [0.2, 0.25) is 0 Å². The zero-order valence-electron chi connectivity index (χ0n) is 18.8. The Morgan fingerprint density at radius 1 is 1.12 bits per heavy atom. The van der Waals surface area contributed by atoms with Gasteiger partial charge in [-0.15, -0.1) is 11.3 Å². The molecule has 2 aromatic carbocycles. The minimum Gasteiger partial charge on any atom is -0.366 e. The summed E-state index contributed by atoms with van der Waals surface area (Å²) in [6, 6.07) is 10.5. The largest absolute Gasteiger partial charge is 0.416 e. The van der Waals surface area contributed by atoms with Gasteiger partial charge in [-0.2, -0.15) is 13.2 Å². The standard InChI is InChI=1S/C25H24F3N3O2S/c1-14-5-6-17(12-20(14)22(29)32)18-4-3-11-31(13-18)24(33)21-15(2)30-23(34-21)16-7-9-19(10-8-16)25(26,27)28/h5-10,12,18H,3-4,11,13H2,1-2H3,(H2,29,32)/t18-/m1/s1. The number of amides is 2. The quantitative estimate of drug-likeness (QED) is 0.523. The van der Waals surface area contributed by atoms with Crippen molar-refractivity contribution in [2.45, 2.75) is 38.8 Å². The lowest BCUT2D eigenvalue weighted by atomic mass is 9.88. The number of hydrogen-bond acceptors (Lipinski definition) is 4. The molecule has 0 unspecified atom stereocenters. The SMILES string of the molecule is Cc1ccc([C@@H]2CCCN(C(=O)c3sc(-c4ccc(C(F)(F)F)cc4)nc3C)C2)cc1C(N)=O. The number of rotatable bonds is 4. The van der Waals surface area contributed by atoms with Crippen molar-refractivity contribution in [1.82, 2.24) is 9.88 Å². The van der Waals surface area contributed by atoms with E-state index in [1.807, 2.05) is 25.1 Å². The third kappa shape index (κ3) is 4.84. The molecular formula is C25H24F3N3O2S. The van der Waals surface area contributed by atoms with E-state index in [2.05, 4.69) is 4.98 Å². The number of benzene rings is 2. The molecule has 178 valence electrons. The number of alkyl halides is 3. The monoisotopic (exact) mass is 487 g/mol. The van der Waals surface area contributed by atoms with Gasteiger partial charge in [-0.05, 0) is 56.0 Å². The lowest BCUT2D eigenvalue weighted by molar-refractivity contribution is -0.137. The fraction of sp³-hybridized carbons (Fsp3) is 0.320. The van der Waals surface area contributed by atoms with E-state index >= 15 is 0 Å². The highest BCUT2D eigenvalue weighted by atomic mass is 32.1. The zero-order chi connectivity index (χ0) is 24.6. The smallest absolute Gasteiger partial charge is 0.366 e. The van der Waals surface area contributed by atoms with Gasteiger partial charge in [0.25, 0.3) is 5.91 Å². The maximum Gasteiger partial charge on any atom is 0.416 e. The Morgan fingerprint density at radius 2 is 1.82 bits per heavy atom. The maximum absolute atomic E-state index is 13.3. The Balaban J connectivity index is 1.54. The summed E-state index contributed by atoms with van der Waals surface area (Å²) in [5.41, 5.74) is 8.14. The van der Waals surface area contributed by atoms with Crippen molar-refractivity contribution in [3.8, 4) is 10.6 Å². The van der Waals surface area contributed by atoms with Gasteiger partial charge in [-0.1, -0.05) is 24.3 Å². The predicted molar refractivity (Wildman–Crippen MR) is 125 cm³/mol. The van der Waals surface area contributed by atoms with Crippen LogP contribution in [0.5, 0.6) is 0 Å². The van der Waals surface area contributed by atoms with E-state index in [1.165, 1.54) is 23.5 Å².